The van der Waals surface area contributed by atoms with E-state index in [0.717, 1.165) is 22.0 Å². The van der Waals surface area contributed by atoms with Crippen molar-refractivity contribution >= 4 is 32.4 Å². The molecule has 1 aliphatic rings. The highest BCUT2D eigenvalue weighted by atomic mass is 32.2. The number of hydrogen-bond acceptors (Lipinski definition) is 6. The molecule has 0 radical (unpaired) electrons. The molecule has 1 aliphatic heterocycles. The minimum atomic E-state index is -4.06. The van der Waals surface area contributed by atoms with Gasteiger partial charge in [-0.25, -0.2) is 0 Å². The van der Waals surface area contributed by atoms with E-state index in [9.17, 15) is 13.5 Å². The molecular weight excluding hydrogens is 400 g/mol. The molecular formula is C23H22N2O4S. The van der Waals surface area contributed by atoms with Crippen molar-refractivity contribution in [2.75, 3.05) is 4.90 Å². The first-order valence-corrected chi connectivity index (χ1v) is 10.9. The second-order valence-electron chi connectivity index (χ2n) is 7.27. The van der Waals surface area contributed by atoms with Crippen molar-refractivity contribution in [2.45, 2.75) is 31.9 Å². The van der Waals surface area contributed by atoms with Crippen molar-refractivity contribution in [3.63, 3.8) is 0 Å². The van der Waals surface area contributed by atoms with Crippen LogP contribution >= 0.6 is 0 Å². The Bertz CT molecular complexity index is 1280. The lowest BCUT2D eigenvalue weighted by atomic mass is 10.1. The number of hydrogen-bond donors (Lipinski definition) is 1. The number of aryl methyl sites for hydroxylation is 1. The molecule has 6 nitrogen and oxygen atoms in total. The lowest BCUT2D eigenvalue weighted by molar-refractivity contribution is 0.209. The highest BCUT2D eigenvalue weighted by Gasteiger charge is 2.31. The van der Waals surface area contributed by atoms with E-state index in [-0.39, 0.29) is 10.8 Å². The van der Waals surface area contributed by atoms with Crippen LogP contribution in [0.1, 0.15) is 19.4 Å². The average Bonchev–Trinajstić information content (AvgIpc) is 2.72. The number of anilines is 1. The lowest BCUT2D eigenvalue weighted by Gasteiger charge is -2.34. The van der Waals surface area contributed by atoms with Gasteiger partial charge in [-0.1, -0.05) is 48.0 Å². The molecule has 0 fully saturated rings. The summed E-state index contributed by atoms with van der Waals surface area (Å²) in [6.45, 7) is 5.18. The van der Waals surface area contributed by atoms with Gasteiger partial charge in [0.2, 0.25) is 5.88 Å². The van der Waals surface area contributed by atoms with Crippen LogP contribution in [0.2, 0.25) is 0 Å². The molecule has 1 atom stereocenters. The average molecular weight is 423 g/mol. The molecule has 0 saturated heterocycles. The third kappa shape index (κ3) is 3.69. The summed E-state index contributed by atoms with van der Waals surface area (Å²) in [7, 11) is -4.06. The molecule has 1 unspecified atom stereocenters. The Hall–Kier alpha value is -3.16. The van der Waals surface area contributed by atoms with Crippen LogP contribution in [0.25, 0.3) is 10.8 Å². The van der Waals surface area contributed by atoms with Crippen molar-refractivity contribution in [2.24, 2.45) is 4.99 Å². The maximum absolute atomic E-state index is 12.6. The first-order valence-electron chi connectivity index (χ1n) is 9.49. The van der Waals surface area contributed by atoms with Gasteiger partial charge in [-0.2, -0.15) is 13.4 Å². The Labute approximate surface area is 175 Å². The standard InChI is InChI=1S/C23H22N2O4S/c1-15-8-12-21(13-9-15)30(27,28)29-22-16(2)23(26)25(17(3)24-22)20-11-10-18-6-4-5-7-19(18)14-20/h4-14,23,26H,1-3H3. The summed E-state index contributed by atoms with van der Waals surface area (Å²) < 4.78 is 30.6. The molecule has 0 aliphatic carbocycles. The van der Waals surface area contributed by atoms with E-state index in [4.69, 9.17) is 4.18 Å². The molecule has 30 heavy (non-hydrogen) atoms. The van der Waals surface area contributed by atoms with Crippen molar-refractivity contribution in [1.82, 2.24) is 0 Å². The summed E-state index contributed by atoms with van der Waals surface area (Å²) in [4.78, 5) is 6.02. The number of aliphatic imine (C=N–C) groups is 1. The summed E-state index contributed by atoms with van der Waals surface area (Å²) >= 11 is 0. The first kappa shape index (κ1) is 20.1. The number of aliphatic hydroxyl groups is 1. The Morgan fingerprint density at radius 3 is 2.30 bits per heavy atom. The van der Waals surface area contributed by atoms with Crippen molar-refractivity contribution < 1.29 is 17.7 Å². The quantitative estimate of drug-likeness (QED) is 0.633. The van der Waals surface area contributed by atoms with Crippen LogP contribution in [-0.2, 0) is 14.3 Å². The fourth-order valence-corrected chi connectivity index (χ4v) is 4.31. The predicted octanol–water partition coefficient (Wildman–Crippen LogP) is 4.34. The molecule has 3 aromatic rings. The summed E-state index contributed by atoms with van der Waals surface area (Å²) in [5, 5.41) is 13.0. The van der Waals surface area contributed by atoms with Crippen LogP contribution < -0.4 is 4.90 Å². The van der Waals surface area contributed by atoms with Crippen molar-refractivity contribution in [3.05, 3.63) is 83.7 Å². The molecule has 0 spiro atoms. The number of fused-ring (bicyclic) bond motifs is 1. The van der Waals surface area contributed by atoms with E-state index in [1.807, 2.05) is 49.4 Å². The van der Waals surface area contributed by atoms with Gasteiger partial charge < -0.3 is 9.29 Å². The Kier molecular flexibility index (Phi) is 5.09. The molecule has 4 rings (SSSR count). The third-order valence-electron chi connectivity index (χ3n) is 5.09. The van der Waals surface area contributed by atoms with Crippen LogP contribution in [0.5, 0.6) is 0 Å². The summed E-state index contributed by atoms with van der Waals surface area (Å²) in [6, 6.07) is 20.1. The second-order valence-corrected chi connectivity index (χ2v) is 8.82. The molecule has 0 bridgehead atoms. The summed E-state index contributed by atoms with van der Waals surface area (Å²) in [6.07, 6.45) is -1.10. The van der Waals surface area contributed by atoms with Gasteiger partial charge in [-0.05, 0) is 55.8 Å². The van der Waals surface area contributed by atoms with E-state index in [0.29, 0.717) is 11.4 Å². The predicted molar refractivity (Wildman–Crippen MR) is 118 cm³/mol. The molecule has 3 aromatic carbocycles. The van der Waals surface area contributed by atoms with Gasteiger partial charge in [0.15, 0.2) is 6.23 Å². The third-order valence-corrected chi connectivity index (χ3v) is 6.32. The van der Waals surface area contributed by atoms with Gasteiger partial charge in [0.25, 0.3) is 0 Å². The number of rotatable bonds is 4. The van der Waals surface area contributed by atoms with Crippen molar-refractivity contribution in [1.29, 1.82) is 0 Å². The van der Waals surface area contributed by atoms with Crippen LogP contribution in [0.15, 0.2) is 88.1 Å². The Balaban J connectivity index is 1.66. The minimum Gasteiger partial charge on any atom is -0.369 e. The fraction of sp³-hybridized carbons (Fsp3) is 0.174. The van der Waals surface area contributed by atoms with E-state index in [2.05, 4.69) is 4.99 Å². The number of amidine groups is 1. The lowest BCUT2D eigenvalue weighted by Crippen LogP contribution is -2.43. The van der Waals surface area contributed by atoms with Gasteiger partial charge in [0.05, 0.1) is 0 Å². The molecule has 1 heterocycles. The topological polar surface area (TPSA) is 79.2 Å². The van der Waals surface area contributed by atoms with Gasteiger partial charge in [0, 0.05) is 11.3 Å². The SMILES string of the molecule is CC1=NC(OS(=O)(=O)c2ccc(C)cc2)=C(C)C(O)N1c1ccc2ccccc2c1. The maximum Gasteiger partial charge on any atom is 0.340 e. The van der Waals surface area contributed by atoms with Gasteiger partial charge in [0.1, 0.15) is 10.7 Å². The molecule has 154 valence electrons. The summed E-state index contributed by atoms with van der Waals surface area (Å²) in [5.74, 6) is 0.315. The van der Waals surface area contributed by atoms with Crippen LogP contribution in [0.3, 0.4) is 0 Å². The van der Waals surface area contributed by atoms with Gasteiger partial charge in [-0.3, -0.25) is 4.90 Å². The summed E-state index contributed by atoms with van der Waals surface area (Å²) in [5.41, 5.74) is 2.00. The van der Waals surface area contributed by atoms with E-state index < -0.39 is 16.3 Å². The van der Waals surface area contributed by atoms with Crippen LogP contribution in [0.4, 0.5) is 5.69 Å². The van der Waals surface area contributed by atoms with E-state index >= 15 is 0 Å². The van der Waals surface area contributed by atoms with Crippen LogP contribution in [-0.4, -0.2) is 25.6 Å². The highest BCUT2D eigenvalue weighted by molar-refractivity contribution is 7.86. The van der Waals surface area contributed by atoms with Gasteiger partial charge in [-0.15, -0.1) is 0 Å². The Morgan fingerprint density at radius 1 is 0.933 bits per heavy atom. The minimum absolute atomic E-state index is 0.0349. The molecule has 7 heteroatoms. The number of nitrogens with zero attached hydrogens (tertiary/aromatic N) is 2. The zero-order valence-electron chi connectivity index (χ0n) is 16.9. The Morgan fingerprint density at radius 2 is 1.60 bits per heavy atom. The number of aliphatic hydroxyl groups excluding tert-OH is 1. The van der Waals surface area contributed by atoms with E-state index in [1.165, 1.54) is 12.1 Å². The van der Waals surface area contributed by atoms with Crippen molar-refractivity contribution in [3.8, 4) is 0 Å². The number of benzene rings is 3. The van der Waals surface area contributed by atoms with E-state index in [1.54, 1.807) is 30.9 Å². The maximum atomic E-state index is 12.6. The smallest absolute Gasteiger partial charge is 0.340 e. The second kappa shape index (κ2) is 7.59. The largest absolute Gasteiger partial charge is 0.369 e. The zero-order valence-corrected chi connectivity index (χ0v) is 17.7. The molecule has 0 aromatic heterocycles. The molecule has 0 saturated carbocycles. The molecule has 0 amide bonds. The molecule has 1 N–H and O–H groups in total. The highest BCUT2D eigenvalue weighted by Crippen LogP contribution is 2.31. The fourth-order valence-electron chi connectivity index (χ4n) is 3.37. The zero-order chi connectivity index (χ0) is 21.5. The van der Waals surface area contributed by atoms with Crippen LogP contribution in [0, 0.1) is 6.92 Å². The van der Waals surface area contributed by atoms with Gasteiger partial charge >= 0.3 is 10.1 Å². The first-order chi connectivity index (χ1) is 14.3. The normalized spacial score (nSPS) is 17.3. The monoisotopic (exact) mass is 422 g/mol.